The van der Waals surface area contributed by atoms with Crippen LogP contribution < -0.4 is 10.6 Å². The van der Waals surface area contributed by atoms with E-state index >= 15 is 0 Å². The molecule has 0 heterocycles. The van der Waals surface area contributed by atoms with Crippen LogP contribution in [0.1, 0.15) is 13.8 Å². The molecule has 2 N–H and O–H groups in total. The molecule has 0 aliphatic rings. The predicted octanol–water partition coefficient (Wildman–Crippen LogP) is 0.319. The van der Waals surface area contributed by atoms with Gasteiger partial charge in [0.05, 0.1) is 14.2 Å². The van der Waals surface area contributed by atoms with E-state index in [0.717, 1.165) is 11.4 Å². The highest BCUT2D eigenvalue weighted by Crippen LogP contribution is 1.89. The van der Waals surface area contributed by atoms with Crippen LogP contribution in [0.15, 0.2) is 23.5 Å². The third-order valence-corrected chi connectivity index (χ3v) is 2.00. The minimum atomic E-state index is -0.394. The molecule has 6 nitrogen and oxygen atoms in total. The number of hydrogen-bond donors (Lipinski definition) is 2. The van der Waals surface area contributed by atoms with Crippen LogP contribution >= 0.6 is 0 Å². The van der Waals surface area contributed by atoms with Crippen molar-refractivity contribution in [3.05, 3.63) is 23.5 Å². The molecule has 0 rings (SSSR count). The Morgan fingerprint density at radius 2 is 1.22 bits per heavy atom. The molecule has 0 saturated heterocycles. The maximum atomic E-state index is 10.9. The van der Waals surface area contributed by atoms with Gasteiger partial charge in [0.2, 0.25) is 0 Å². The first-order chi connectivity index (χ1) is 8.49. The molecular formula is C12H20N2O4. The van der Waals surface area contributed by atoms with Gasteiger partial charge in [0.15, 0.2) is 0 Å². The van der Waals surface area contributed by atoms with E-state index in [-0.39, 0.29) is 0 Å². The summed E-state index contributed by atoms with van der Waals surface area (Å²) in [5.41, 5.74) is 1.44. The quantitative estimate of drug-likeness (QED) is 0.388. The maximum absolute atomic E-state index is 10.9. The third kappa shape index (κ3) is 8.20. The molecule has 0 radical (unpaired) electrons. The second-order valence-electron chi connectivity index (χ2n) is 3.55. The van der Waals surface area contributed by atoms with E-state index in [9.17, 15) is 9.59 Å². The lowest BCUT2D eigenvalue weighted by molar-refractivity contribution is -0.135. The molecule has 0 saturated carbocycles. The Morgan fingerprint density at radius 3 is 1.50 bits per heavy atom. The van der Waals surface area contributed by atoms with Gasteiger partial charge in [-0.15, -0.1) is 0 Å². The molecule has 18 heavy (non-hydrogen) atoms. The molecule has 0 amide bonds. The molecule has 0 aromatic heterocycles. The van der Waals surface area contributed by atoms with E-state index < -0.39 is 11.9 Å². The van der Waals surface area contributed by atoms with Crippen molar-refractivity contribution in [2.45, 2.75) is 13.8 Å². The fourth-order valence-electron chi connectivity index (χ4n) is 1.09. The lowest BCUT2D eigenvalue weighted by atomic mass is 10.4. The zero-order valence-corrected chi connectivity index (χ0v) is 11.2. The summed E-state index contributed by atoms with van der Waals surface area (Å²) < 4.78 is 8.98. The largest absolute Gasteiger partial charge is 0.466 e. The molecular weight excluding hydrogens is 236 g/mol. The summed E-state index contributed by atoms with van der Waals surface area (Å²) in [6, 6.07) is 0. The van der Waals surface area contributed by atoms with Crippen molar-refractivity contribution in [1.29, 1.82) is 0 Å². The van der Waals surface area contributed by atoms with Crippen LogP contribution in [0.25, 0.3) is 0 Å². The van der Waals surface area contributed by atoms with Crippen molar-refractivity contribution >= 4 is 11.9 Å². The highest BCUT2D eigenvalue weighted by atomic mass is 16.5. The van der Waals surface area contributed by atoms with Gasteiger partial charge < -0.3 is 20.1 Å². The molecule has 0 aromatic rings. The number of esters is 2. The lowest BCUT2D eigenvalue weighted by Crippen LogP contribution is -2.26. The average Bonchev–Trinajstić information content (AvgIpc) is 2.34. The number of ether oxygens (including phenoxy) is 2. The Kier molecular flexibility index (Phi) is 8.09. The van der Waals surface area contributed by atoms with Gasteiger partial charge in [-0.2, -0.15) is 0 Å². The van der Waals surface area contributed by atoms with E-state index in [2.05, 4.69) is 20.1 Å². The summed E-state index contributed by atoms with van der Waals surface area (Å²) >= 11 is 0. The first-order valence-electron chi connectivity index (χ1n) is 5.49. The standard InChI is InChI=1S/C12H20N2O4/c1-9(7-11(15)17-3)13-5-6-14-10(2)8-12(16)18-4/h7-8,13-14H,5-6H2,1-4H3/b9-7-,10-8-. The minimum absolute atomic E-state index is 0.394. The number of carbonyl (C=O) groups is 2. The van der Waals surface area contributed by atoms with Crippen molar-refractivity contribution in [2.24, 2.45) is 0 Å². The summed E-state index contributed by atoms with van der Waals surface area (Å²) in [5, 5.41) is 6.05. The van der Waals surface area contributed by atoms with Gasteiger partial charge in [0, 0.05) is 36.6 Å². The van der Waals surface area contributed by atoms with Crippen molar-refractivity contribution in [3.8, 4) is 0 Å². The summed E-state index contributed by atoms with van der Waals surface area (Å²) in [4.78, 5) is 21.8. The van der Waals surface area contributed by atoms with Crippen molar-refractivity contribution in [1.82, 2.24) is 10.6 Å². The molecule has 102 valence electrons. The smallest absolute Gasteiger partial charge is 0.332 e. The van der Waals surface area contributed by atoms with E-state index in [4.69, 9.17) is 0 Å². The second kappa shape index (κ2) is 9.09. The van der Waals surface area contributed by atoms with Crippen molar-refractivity contribution < 1.29 is 19.1 Å². The lowest BCUT2D eigenvalue weighted by Gasteiger charge is -2.08. The average molecular weight is 256 g/mol. The van der Waals surface area contributed by atoms with Crippen molar-refractivity contribution in [2.75, 3.05) is 27.3 Å². The Bertz CT molecular complexity index is 314. The highest BCUT2D eigenvalue weighted by Gasteiger charge is 1.97. The van der Waals surface area contributed by atoms with Gasteiger partial charge >= 0.3 is 11.9 Å². The first-order valence-corrected chi connectivity index (χ1v) is 5.49. The molecule has 0 aliphatic carbocycles. The Balaban J connectivity index is 3.87. The summed E-state index contributed by atoms with van der Waals surface area (Å²) in [6.07, 6.45) is 2.74. The zero-order chi connectivity index (χ0) is 14.0. The van der Waals surface area contributed by atoms with E-state index in [1.165, 1.54) is 26.4 Å². The number of carbonyl (C=O) groups excluding carboxylic acids is 2. The normalized spacial score (nSPS) is 11.8. The molecule has 0 aliphatic heterocycles. The van der Waals surface area contributed by atoms with Gasteiger partial charge in [-0.25, -0.2) is 9.59 Å². The molecule has 0 fully saturated rings. The molecule has 0 bridgehead atoms. The third-order valence-electron chi connectivity index (χ3n) is 2.00. The molecule has 0 unspecified atom stereocenters. The maximum Gasteiger partial charge on any atom is 0.332 e. The molecule has 0 spiro atoms. The number of hydrogen-bond acceptors (Lipinski definition) is 6. The van der Waals surface area contributed by atoms with Gasteiger partial charge in [-0.05, 0) is 13.8 Å². The van der Waals surface area contributed by atoms with Crippen LogP contribution in [0.5, 0.6) is 0 Å². The predicted molar refractivity (Wildman–Crippen MR) is 67.6 cm³/mol. The zero-order valence-electron chi connectivity index (χ0n) is 11.2. The van der Waals surface area contributed by atoms with Gasteiger partial charge in [-0.3, -0.25) is 0 Å². The summed E-state index contributed by atoms with van der Waals surface area (Å²) in [6.45, 7) is 4.78. The Labute approximate surface area is 107 Å². The molecule has 6 heteroatoms. The fraction of sp³-hybridized carbons (Fsp3) is 0.500. The highest BCUT2D eigenvalue weighted by molar-refractivity contribution is 5.82. The number of rotatable bonds is 7. The summed E-state index contributed by atoms with van der Waals surface area (Å²) in [5.74, 6) is -0.788. The van der Waals surface area contributed by atoms with Gasteiger partial charge in [0.1, 0.15) is 0 Å². The number of allylic oxidation sites excluding steroid dienone is 2. The van der Waals surface area contributed by atoms with Crippen LogP contribution in [0, 0.1) is 0 Å². The van der Waals surface area contributed by atoms with Crippen LogP contribution in [0.2, 0.25) is 0 Å². The van der Waals surface area contributed by atoms with Crippen LogP contribution in [-0.4, -0.2) is 39.2 Å². The SMILES string of the molecule is COC(=O)/C=C(/C)NCCN/C(C)=C\C(=O)OC. The number of nitrogens with one attached hydrogen (secondary N) is 2. The molecule has 0 aromatic carbocycles. The first kappa shape index (κ1) is 16.0. The Morgan fingerprint density at radius 1 is 0.889 bits per heavy atom. The van der Waals surface area contributed by atoms with E-state index in [1.54, 1.807) is 13.8 Å². The molecule has 0 atom stereocenters. The van der Waals surface area contributed by atoms with Gasteiger partial charge in [0.25, 0.3) is 0 Å². The fourth-order valence-corrected chi connectivity index (χ4v) is 1.09. The van der Waals surface area contributed by atoms with Gasteiger partial charge in [-0.1, -0.05) is 0 Å². The monoisotopic (exact) mass is 256 g/mol. The van der Waals surface area contributed by atoms with E-state index in [1.807, 2.05) is 0 Å². The van der Waals surface area contributed by atoms with Crippen LogP contribution in [-0.2, 0) is 19.1 Å². The van der Waals surface area contributed by atoms with Crippen LogP contribution in [0.4, 0.5) is 0 Å². The minimum Gasteiger partial charge on any atom is -0.466 e. The van der Waals surface area contributed by atoms with E-state index in [0.29, 0.717) is 13.1 Å². The topological polar surface area (TPSA) is 76.7 Å². The summed E-state index contributed by atoms with van der Waals surface area (Å²) in [7, 11) is 2.66. The number of methoxy groups -OCH3 is 2. The second-order valence-corrected chi connectivity index (χ2v) is 3.55. The van der Waals surface area contributed by atoms with Crippen molar-refractivity contribution in [3.63, 3.8) is 0 Å². The van der Waals surface area contributed by atoms with Crippen LogP contribution in [0.3, 0.4) is 0 Å². The Hall–Kier alpha value is -1.98.